The second kappa shape index (κ2) is 6.61. The molecule has 0 bridgehead atoms. The number of nitrogens with one attached hydrogen (secondary N) is 1. The van der Waals surface area contributed by atoms with Crippen molar-refractivity contribution in [1.82, 2.24) is 4.98 Å². The third-order valence-electron chi connectivity index (χ3n) is 4.08. The Balaban J connectivity index is 1.63. The average molecular weight is 355 g/mol. The van der Waals surface area contributed by atoms with Gasteiger partial charge in [-0.05, 0) is 18.2 Å². The van der Waals surface area contributed by atoms with Crippen LogP contribution in [0.4, 0.5) is 4.39 Å². The van der Waals surface area contributed by atoms with Gasteiger partial charge in [-0.25, -0.2) is 9.18 Å². The Hall–Kier alpha value is -3.19. The molecule has 1 aliphatic heterocycles. The van der Waals surface area contributed by atoms with E-state index in [1.54, 1.807) is 24.3 Å². The summed E-state index contributed by atoms with van der Waals surface area (Å²) in [5.41, 5.74) is 1.25. The zero-order valence-corrected chi connectivity index (χ0v) is 13.6. The summed E-state index contributed by atoms with van der Waals surface area (Å²) in [6.07, 6.45) is 0. The van der Waals surface area contributed by atoms with Gasteiger partial charge in [-0.2, -0.15) is 0 Å². The Morgan fingerprint density at radius 1 is 1.23 bits per heavy atom. The molecule has 0 saturated heterocycles. The molecular weight excluding hydrogens is 341 g/mol. The van der Waals surface area contributed by atoms with Crippen LogP contribution in [0, 0.1) is 5.82 Å². The lowest BCUT2D eigenvalue weighted by molar-refractivity contribution is -0.0182. The first-order valence-electron chi connectivity index (χ1n) is 7.93. The molecule has 1 N–H and O–H groups in total. The molecule has 132 valence electrons. The number of hydrogen-bond donors (Lipinski definition) is 1. The van der Waals surface area contributed by atoms with Gasteiger partial charge in [0.1, 0.15) is 18.2 Å². The van der Waals surface area contributed by atoms with Crippen molar-refractivity contribution in [2.24, 2.45) is 0 Å². The normalized spacial score (nSPS) is 13.1. The van der Waals surface area contributed by atoms with Gasteiger partial charge in [0.05, 0.1) is 12.2 Å². The summed E-state index contributed by atoms with van der Waals surface area (Å²) in [5.74, 6) is -0.677. The van der Waals surface area contributed by atoms with Crippen molar-refractivity contribution >= 4 is 16.9 Å². The summed E-state index contributed by atoms with van der Waals surface area (Å²) in [7, 11) is 0. The molecule has 0 saturated carbocycles. The number of halogens is 1. The molecule has 0 spiro atoms. The SMILES string of the molecule is O=C(OCc1cc(F)cc2c1OCOC2)c1cc(=O)[nH]c2ccccc12. The quantitative estimate of drug-likeness (QED) is 0.731. The molecule has 2 aromatic carbocycles. The largest absolute Gasteiger partial charge is 0.467 e. The van der Waals surface area contributed by atoms with E-state index in [1.807, 2.05) is 0 Å². The number of aromatic nitrogens is 1. The number of hydrogen-bond acceptors (Lipinski definition) is 5. The number of rotatable bonds is 3. The number of carbonyl (C=O) groups is 1. The lowest BCUT2D eigenvalue weighted by atomic mass is 10.1. The van der Waals surface area contributed by atoms with Crippen molar-refractivity contribution < 1.29 is 23.4 Å². The molecule has 0 fully saturated rings. The maximum Gasteiger partial charge on any atom is 0.339 e. The molecule has 1 aliphatic rings. The third kappa shape index (κ3) is 3.04. The molecule has 6 nitrogen and oxygen atoms in total. The van der Waals surface area contributed by atoms with Crippen LogP contribution < -0.4 is 10.3 Å². The van der Waals surface area contributed by atoms with E-state index >= 15 is 0 Å². The van der Waals surface area contributed by atoms with E-state index in [-0.39, 0.29) is 25.6 Å². The Kier molecular flexibility index (Phi) is 4.14. The van der Waals surface area contributed by atoms with Gasteiger partial charge in [0.2, 0.25) is 5.56 Å². The number of pyridine rings is 1. The standard InChI is InChI=1S/C19H14FNO5/c20-13-5-11-8-24-10-26-18(11)12(6-13)9-25-19(23)15-7-17(22)21-16-4-2-1-3-14(15)16/h1-7H,8-10H2,(H,21,22). The van der Waals surface area contributed by atoms with Gasteiger partial charge >= 0.3 is 5.97 Å². The Bertz CT molecular complexity index is 1060. The van der Waals surface area contributed by atoms with Gasteiger partial charge in [0, 0.05) is 28.1 Å². The molecular formula is C19H14FNO5. The molecule has 7 heteroatoms. The first kappa shape index (κ1) is 16.3. The molecule has 0 amide bonds. The van der Waals surface area contributed by atoms with E-state index in [0.717, 1.165) is 0 Å². The third-order valence-corrected chi connectivity index (χ3v) is 4.08. The zero-order chi connectivity index (χ0) is 18.1. The van der Waals surface area contributed by atoms with E-state index in [1.165, 1.54) is 18.2 Å². The second-order valence-corrected chi connectivity index (χ2v) is 5.83. The molecule has 0 unspecified atom stereocenters. The Labute approximate surface area is 147 Å². The zero-order valence-electron chi connectivity index (χ0n) is 13.6. The van der Waals surface area contributed by atoms with Gasteiger partial charge in [0.15, 0.2) is 6.79 Å². The highest BCUT2D eigenvalue weighted by atomic mass is 19.1. The monoisotopic (exact) mass is 355 g/mol. The highest BCUT2D eigenvalue weighted by Crippen LogP contribution is 2.30. The van der Waals surface area contributed by atoms with Crippen LogP contribution in [0.1, 0.15) is 21.5 Å². The summed E-state index contributed by atoms with van der Waals surface area (Å²) in [4.78, 5) is 26.9. The number of para-hydroxylation sites is 1. The summed E-state index contributed by atoms with van der Waals surface area (Å²) >= 11 is 0. The summed E-state index contributed by atoms with van der Waals surface area (Å²) in [5, 5.41) is 0.572. The minimum absolute atomic E-state index is 0.0538. The van der Waals surface area contributed by atoms with Crippen molar-refractivity contribution in [2.75, 3.05) is 6.79 Å². The fraction of sp³-hybridized carbons (Fsp3) is 0.158. The van der Waals surface area contributed by atoms with E-state index < -0.39 is 17.3 Å². The van der Waals surface area contributed by atoms with Crippen LogP contribution in [0.5, 0.6) is 5.75 Å². The summed E-state index contributed by atoms with van der Waals surface area (Å²) in [6.45, 7) is 0.102. The number of aromatic amines is 1. The first-order chi connectivity index (χ1) is 12.6. The van der Waals surface area contributed by atoms with Crippen LogP contribution in [0.2, 0.25) is 0 Å². The van der Waals surface area contributed by atoms with Gasteiger partial charge in [-0.3, -0.25) is 4.79 Å². The predicted molar refractivity (Wildman–Crippen MR) is 90.4 cm³/mol. The highest BCUT2D eigenvalue weighted by molar-refractivity contribution is 6.03. The molecule has 3 aromatic rings. The molecule has 2 heterocycles. The topological polar surface area (TPSA) is 77.6 Å². The lowest BCUT2D eigenvalue weighted by Crippen LogP contribution is -2.16. The molecule has 4 rings (SSSR count). The van der Waals surface area contributed by atoms with Gasteiger partial charge in [-0.15, -0.1) is 0 Å². The molecule has 0 radical (unpaired) electrons. The van der Waals surface area contributed by atoms with Crippen molar-refractivity contribution in [1.29, 1.82) is 0 Å². The molecule has 1 aromatic heterocycles. The lowest BCUT2D eigenvalue weighted by Gasteiger charge is -2.20. The van der Waals surface area contributed by atoms with E-state index in [2.05, 4.69) is 4.98 Å². The molecule has 0 atom stereocenters. The maximum atomic E-state index is 13.8. The highest BCUT2D eigenvalue weighted by Gasteiger charge is 2.19. The number of carbonyl (C=O) groups excluding carboxylic acids is 1. The van der Waals surface area contributed by atoms with Crippen LogP contribution in [0.3, 0.4) is 0 Å². The van der Waals surface area contributed by atoms with Crippen molar-refractivity contribution in [2.45, 2.75) is 13.2 Å². The number of benzene rings is 2. The van der Waals surface area contributed by atoms with Crippen LogP contribution in [0.25, 0.3) is 10.9 Å². The van der Waals surface area contributed by atoms with Crippen LogP contribution in [-0.2, 0) is 22.7 Å². The second-order valence-electron chi connectivity index (χ2n) is 5.83. The van der Waals surface area contributed by atoms with Crippen LogP contribution in [-0.4, -0.2) is 17.7 Å². The first-order valence-corrected chi connectivity index (χ1v) is 7.93. The number of ether oxygens (including phenoxy) is 3. The van der Waals surface area contributed by atoms with Crippen LogP contribution in [0.15, 0.2) is 47.3 Å². The van der Waals surface area contributed by atoms with E-state index in [0.29, 0.717) is 27.8 Å². The number of esters is 1. The minimum Gasteiger partial charge on any atom is -0.467 e. The van der Waals surface area contributed by atoms with Crippen molar-refractivity contribution in [3.05, 3.63) is 75.3 Å². The molecule has 0 aliphatic carbocycles. The van der Waals surface area contributed by atoms with Gasteiger partial charge in [-0.1, -0.05) is 18.2 Å². The smallest absolute Gasteiger partial charge is 0.339 e. The maximum absolute atomic E-state index is 13.8. The van der Waals surface area contributed by atoms with Gasteiger partial charge in [0.25, 0.3) is 0 Å². The fourth-order valence-corrected chi connectivity index (χ4v) is 2.96. The van der Waals surface area contributed by atoms with Crippen molar-refractivity contribution in [3.8, 4) is 5.75 Å². The van der Waals surface area contributed by atoms with Gasteiger partial charge < -0.3 is 19.2 Å². The van der Waals surface area contributed by atoms with E-state index in [9.17, 15) is 14.0 Å². The fourth-order valence-electron chi connectivity index (χ4n) is 2.96. The van der Waals surface area contributed by atoms with Crippen LogP contribution >= 0.6 is 0 Å². The van der Waals surface area contributed by atoms with E-state index in [4.69, 9.17) is 14.2 Å². The predicted octanol–water partition coefficient (Wildman–Crippen LogP) is 2.89. The summed E-state index contributed by atoms with van der Waals surface area (Å²) < 4.78 is 29.6. The molecule has 26 heavy (non-hydrogen) atoms. The number of H-pyrrole nitrogens is 1. The number of fused-ring (bicyclic) bond motifs is 2. The van der Waals surface area contributed by atoms with Crippen molar-refractivity contribution in [3.63, 3.8) is 0 Å². The average Bonchev–Trinajstić information content (AvgIpc) is 2.65. The Morgan fingerprint density at radius 3 is 2.96 bits per heavy atom. The summed E-state index contributed by atoms with van der Waals surface area (Å²) in [6, 6.07) is 10.7. The minimum atomic E-state index is -0.669. The Morgan fingerprint density at radius 2 is 2.08 bits per heavy atom.